The Hall–Kier alpha value is -1.86. The van der Waals surface area contributed by atoms with E-state index < -0.39 is 5.60 Å². The fourth-order valence-corrected chi connectivity index (χ4v) is 2.22. The zero-order valence-corrected chi connectivity index (χ0v) is 10.4. The second-order valence-electron chi connectivity index (χ2n) is 4.85. The maximum absolute atomic E-state index is 10.4. The van der Waals surface area contributed by atoms with Crippen molar-refractivity contribution in [2.24, 2.45) is 0 Å². The number of nitrogens with one attached hydrogen (secondary N) is 1. The second kappa shape index (κ2) is 4.67. The molecule has 1 aromatic heterocycles. The lowest BCUT2D eigenvalue weighted by Crippen LogP contribution is -2.42. The van der Waals surface area contributed by atoms with Gasteiger partial charge in [0, 0.05) is 32.6 Å². The summed E-state index contributed by atoms with van der Waals surface area (Å²) in [6.07, 6.45) is 1.24. The molecule has 1 saturated heterocycles. The van der Waals surface area contributed by atoms with Gasteiger partial charge in [-0.1, -0.05) is 0 Å². The predicted molar refractivity (Wildman–Crippen MR) is 69.7 cm³/mol. The van der Waals surface area contributed by atoms with Crippen molar-refractivity contribution < 1.29 is 14.5 Å². The van der Waals surface area contributed by atoms with Crippen LogP contribution in [0.15, 0.2) is 16.8 Å². The third-order valence-electron chi connectivity index (χ3n) is 3.48. The Morgan fingerprint density at radius 1 is 1.26 bits per heavy atom. The molecule has 7 heteroatoms. The third-order valence-corrected chi connectivity index (χ3v) is 3.48. The van der Waals surface area contributed by atoms with Crippen LogP contribution in [-0.2, 0) is 4.74 Å². The van der Waals surface area contributed by atoms with E-state index in [9.17, 15) is 5.11 Å². The van der Waals surface area contributed by atoms with Gasteiger partial charge in [-0.25, -0.2) is 4.63 Å². The first-order valence-electron chi connectivity index (χ1n) is 6.23. The first kappa shape index (κ1) is 12.2. The number of ether oxygens (including phenoxy) is 1. The van der Waals surface area contributed by atoms with Gasteiger partial charge in [0.25, 0.3) is 0 Å². The van der Waals surface area contributed by atoms with Gasteiger partial charge in [0.05, 0.1) is 17.0 Å². The molecule has 7 nitrogen and oxygen atoms in total. The van der Waals surface area contributed by atoms with Crippen LogP contribution in [0.5, 0.6) is 0 Å². The molecule has 1 aliphatic rings. The molecule has 0 bridgehead atoms. The van der Waals surface area contributed by atoms with E-state index in [1.165, 1.54) is 0 Å². The highest BCUT2D eigenvalue weighted by Crippen LogP contribution is 2.27. The smallest absolute Gasteiger partial charge is 0.160 e. The Morgan fingerprint density at radius 2 is 2.00 bits per heavy atom. The van der Waals surface area contributed by atoms with E-state index >= 15 is 0 Å². The molecule has 0 unspecified atom stereocenters. The monoisotopic (exact) mass is 264 g/mol. The van der Waals surface area contributed by atoms with Crippen LogP contribution in [0.2, 0.25) is 0 Å². The van der Waals surface area contributed by atoms with Gasteiger partial charge < -0.3 is 20.9 Å². The van der Waals surface area contributed by atoms with E-state index in [1.807, 2.05) is 6.07 Å². The minimum Gasteiger partial charge on any atom is -0.397 e. The van der Waals surface area contributed by atoms with Gasteiger partial charge in [-0.2, -0.15) is 0 Å². The lowest BCUT2D eigenvalue weighted by Gasteiger charge is -2.32. The summed E-state index contributed by atoms with van der Waals surface area (Å²) in [5.41, 5.74) is 7.42. The van der Waals surface area contributed by atoms with Gasteiger partial charge in [0.2, 0.25) is 0 Å². The summed E-state index contributed by atoms with van der Waals surface area (Å²) in [7, 11) is 0. The number of benzene rings is 1. The van der Waals surface area contributed by atoms with Crippen molar-refractivity contribution in [1.82, 2.24) is 10.3 Å². The minimum atomic E-state index is -0.747. The number of hydrogen-bond donors (Lipinski definition) is 3. The van der Waals surface area contributed by atoms with Crippen molar-refractivity contribution in [2.45, 2.75) is 18.4 Å². The molecule has 0 atom stereocenters. The molecule has 0 saturated carbocycles. The highest BCUT2D eigenvalue weighted by molar-refractivity contribution is 5.94. The molecule has 0 spiro atoms. The summed E-state index contributed by atoms with van der Waals surface area (Å²) in [6, 6.07) is 3.55. The number of aliphatic hydroxyl groups is 1. The number of nitrogen functional groups attached to an aromatic ring is 1. The number of aromatic nitrogens is 2. The third kappa shape index (κ3) is 2.34. The lowest BCUT2D eigenvalue weighted by atomic mass is 9.94. The summed E-state index contributed by atoms with van der Waals surface area (Å²) >= 11 is 0. The summed E-state index contributed by atoms with van der Waals surface area (Å²) in [4.78, 5) is 0. The van der Waals surface area contributed by atoms with Crippen LogP contribution in [0, 0.1) is 0 Å². The Morgan fingerprint density at radius 3 is 2.79 bits per heavy atom. The van der Waals surface area contributed by atoms with Crippen molar-refractivity contribution in [3.63, 3.8) is 0 Å². The number of rotatable bonds is 3. The van der Waals surface area contributed by atoms with Crippen molar-refractivity contribution >= 4 is 22.4 Å². The van der Waals surface area contributed by atoms with Crippen LogP contribution in [0.25, 0.3) is 11.0 Å². The maximum Gasteiger partial charge on any atom is 0.160 e. The average molecular weight is 264 g/mol. The molecule has 3 rings (SSSR count). The molecule has 0 amide bonds. The number of nitrogens with zero attached hydrogens (tertiary/aromatic N) is 2. The van der Waals surface area contributed by atoms with Crippen molar-refractivity contribution in [3.8, 4) is 0 Å². The summed E-state index contributed by atoms with van der Waals surface area (Å²) in [5.74, 6) is 0. The first-order valence-corrected chi connectivity index (χ1v) is 6.23. The van der Waals surface area contributed by atoms with Crippen LogP contribution in [-0.4, -0.2) is 40.8 Å². The quantitative estimate of drug-likeness (QED) is 0.702. The zero-order chi connectivity index (χ0) is 13.3. The highest BCUT2D eigenvalue weighted by atomic mass is 16.6. The standard InChI is InChI=1S/C12H16N4O3/c13-8-1-2-9(11-10(8)15-19-16-11)14-7-12(17)3-5-18-6-4-12/h1-2,14,17H,3-7,13H2. The van der Waals surface area contributed by atoms with E-state index in [0.29, 0.717) is 49.3 Å². The van der Waals surface area contributed by atoms with E-state index in [4.69, 9.17) is 15.1 Å². The van der Waals surface area contributed by atoms with Crippen LogP contribution < -0.4 is 11.1 Å². The van der Waals surface area contributed by atoms with Gasteiger partial charge >= 0.3 is 0 Å². The number of fused-ring (bicyclic) bond motifs is 1. The summed E-state index contributed by atoms with van der Waals surface area (Å²) < 4.78 is 9.95. The van der Waals surface area contributed by atoms with E-state index in [0.717, 1.165) is 5.69 Å². The Labute approximate surface area is 109 Å². The normalized spacial score (nSPS) is 18.6. The van der Waals surface area contributed by atoms with Crippen LogP contribution in [0.4, 0.5) is 11.4 Å². The first-order chi connectivity index (χ1) is 9.18. The fourth-order valence-electron chi connectivity index (χ4n) is 2.22. The van der Waals surface area contributed by atoms with Gasteiger partial charge in [0.1, 0.15) is 0 Å². The summed E-state index contributed by atoms with van der Waals surface area (Å²) in [6.45, 7) is 1.60. The van der Waals surface area contributed by atoms with Gasteiger partial charge in [-0.15, -0.1) is 0 Å². The maximum atomic E-state index is 10.4. The molecule has 19 heavy (non-hydrogen) atoms. The molecule has 2 aromatic rings. The molecule has 1 aromatic carbocycles. The minimum absolute atomic E-state index is 0.433. The Bertz CT molecular complexity index is 577. The van der Waals surface area contributed by atoms with Gasteiger partial charge in [-0.3, -0.25) is 0 Å². The van der Waals surface area contributed by atoms with Crippen molar-refractivity contribution in [2.75, 3.05) is 30.8 Å². The van der Waals surface area contributed by atoms with Gasteiger partial charge in [-0.05, 0) is 22.4 Å². The second-order valence-corrected chi connectivity index (χ2v) is 4.85. The van der Waals surface area contributed by atoms with Crippen LogP contribution >= 0.6 is 0 Å². The van der Waals surface area contributed by atoms with Gasteiger partial charge in [0.15, 0.2) is 11.0 Å². The van der Waals surface area contributed by atoms with E-state index in [1.54, 1.807) is 6.07 Å². The Kier molecular flexibility index (Phi) is 3.00. The lowest BCUT2D eigenvalue weighted by molar-refractivity contribution is -0.0543. The molecule has 102 valence electrons. The van der Waals surface area contributed by atoms with Crippen molar-refractivity contribution in [3.05, 3.63) is 12.1 Å². The molecule has 0 radical (unpaired) electrons. The molecule has 1 fully saturated rings. The number of anilines is 2. The van der Waals surface area contributed by atoms with Crippen LogP contribution in [0.3, 0.4) is 0 Å². The molecular formula is C12H16N4O3. The molecule has 1 aliphatic heterocycles. The Balaban J connectivity index is 1.78. The molecule has 2 heterocycles. The zero-order valence-electron chi connectivity index (χ0n) is 10.4. The topological polar surface area (TPSA) is 106 Å². The number of hydrogen-bond acceptors (Lipinski definition) is 7. The predicted octanol–water partition coefficient (Wildman–Crippen LogP) is 0.758. The van der Waals surface area contributed by atoms with E-state index in [2.05, 4.69) is 15.6 Å². The largest absolute Gasteiger partial charge is 0.397 e. The van der Waals surface area contributed by atoms with E-state index in [-0.39, 0.29) is 0 Å². The fraction of sp³-hybridized carbons (Fsp3) is 0.500. The SMILES string of the molecule is Nc1ccc(NCC2(O)CCOCC2)c2nonc12. The average Bonchev–Trinajstić information content (AvgIpc) is 2.89. The molecular weight excluding hydrogens is 248 g/mol. The molecule has 0 aliphatic carbocycles. The molecule has 4 N–H and O–H groups in total. The number of nitrogens with two attached hydrogens (primary N) is 1. The van der Waals surface area contributed by atoms with Crippen LogP contribution in [0.1, 0.15) is 12.8 Å². The van der Waals surface area contributed by atoms with Crippen molar-refractivity contribution in [1.29, 1.82) is 0 Å². The summed E-state index contributed by atoms with van der Waals surface area (Å²) in [5, 5.41) is 21.2. The highest BCUT2D eigenvalue weighted by Gasteiger charge is 2.29.